The number of hydrogen-bond acceptors (Lipinski definition) is 3. The van der Waals surface area contributed by atoms with Crippen LogP contribution in [0.5, 0.6) is 0 Å². The summed E-state index contributed by atoms with van der Waals surface area (Å²) in [5, 5.41) is 1.92. The molecule has 0 atom stereocenters. The zero-order chi connectivity index (χ0) is 17.1. The van der Waals surface area contributed by atoms with Crippen molar-refractivity contribution >= 4 is 23.4 Å². The fourth-order valence-electron chi connectivity index (χ4n) is 2.17. The second-order valence-corrected chi connectivity index (χ2v) is 4.98. The monoisotopic (exact) mass is 329 g/mol. The van der Waals surface area contributed by atoms with E-state index in [1.54, 1.807) is 0 Å². The van der Waals surface area contributed by atoms with E-state index in [4.69, 9.17) is 0 Å². The average molecular weight is 329 g/mol. The summed E-state index contributed by atoms with van der Waals surface area (Å²) in [7, 11) is 0. The van der Waals surface area contributed by atoms with Crippen LogP contribution in [0.4, 0.5) is 18.9 Å². The molecular weight excluding hydrogens is 315 g/mol. The molecule has 2 rings (SSSR count). The summed E-state index contributed by atoms with van der Waals surface area (Å²) >= 11 is 0. The molecule has 0 bridgehead atoms. The van der Waals surface area contributed by atoms with Gasteiger partial charge in [0.05, 0.1) is 5.69 Å². The van der Waals surface area contributed by atoms with E-state index in [2.05, 4.69) is 0 Å². The van der Waals surface area contributed by atoms with Crippen LogP contribution in [0, 0.1) is 17.5 Å². The third-order valence-corrected chi connectivity index (χ3v) is 3.49. The molecule has 6 nitrogen and oxygen atoms in total. The molecule has 23 heavy (non-hydrogen) atoms. The molecule has 3 amide bonds. The molecule has 0 spiro atoms. The van der Waals surface area contributed by atoms with Gasteiger partial charge in [-0.2, -0.15) is 0 Å². The van der Waals surface area contributed by atoms with Gasteiger partial charge in [-0.3, -0.25) is 14.4 Å². The molecule has 0 radical (unpaired) electrons. The molecule has 1 aliphatic rings. The Bertz CT molecular complexity index is 658. The van der Waals surface area contributed by atoms with E-state index in [0.717, 1.165) is 6.07 Å². The number of hydrogen-bond donors (Lipinski definition) is 1. The van der Waals surface area contributed by atoms with Crippen molar-refractivity contribution in [3.05, 3.63) is 29.6 Å². The first-order chi connectivity index (χ1) is 10.8. The van der Waals surface area contributed by atoms with Gasteiger partial charge in [-0.25, -0.2) is 13.2 Å². The standard InChI is InChI=1S/C14H14F3N3O3/c1-8(21)19-4-6-20(7-5-19)14(23)13(22)18-10-3-2-9(15)11(16)12(10)17/h2-3H,4-7H2,1H3,(H,18,22). The molecule has 124 valence electrons. The first kappa shape index (κ1) is 16.8. The average Bonchev–Trinajstić information content (AvgIpc) is 2.54. The number of carbonyl (C=O) groups excluding carboxylic acids is 3. The topological polar surface area (TPSA) is 69.7 Å². The Balaban J connectivity index is 2.00. The summed E-state index contributed by atoms with van der Waals surface area (Å²) in [6, 6.07) is 1.47. The number of amides is 3. The number of benzene rings is 1. The van der Waals surface area contributed by atoms with Crippen LogP contribution < -0.4 is 5.32 Å². The Morgan fingerprint density at radius 2 is 1.52 bits per heavy atom. The van der Waals surface area contributed by atoms with Crippen molar-refractivity contribution < 1.29 is 27.6 Å². The molecule has 0 saturated carbocycles. The molecule has 1 N–H and O–H groups in total. The maximum atomic E-state index is 13.5. The summed E-state index contributed by atoms with van der Waals surface area (Å²) in [5.74, 6) is -6.93. The van der Waals surface area contributed by atoms with E-state index in [0.29, 0.717) is 6.07 Å². The maximum absolute atomic E-state index is 13.5. The zero-order valence-electron chi connectivity index (χ0n) is 12.2. The number of nitrogens with one attached hydrogen (secondary N) is 1. The van der Waals surface area contributed by atoms with E-state index in [9.17, 15) is 27.6 Å². The highest BCUT2D eigenvalue weighted by molar-refractivity contribution is 6.39. The fourth-order valence-corrected chi connectivity index (χ4v) is 2.17. The first-order valence-electron chi connectivity index (χ1n) is 6.80. The van der Waals surface area contributed by atoms with Crippen molar-refractivity contribution in [1.29, 1.82) is 0 Å². The van der Waals surface area contributed by atoms with Gasteiger partial charge in [0.25, 0.3) is 0 Å². The van der Waals surface area contributed by atoms with Gasteiger partial charge in [-0.1, -0.05) is 0 Å². The smallest absolute Gasteiger partial charge is 0.313 e. The van der Waals surface area contributed by atoms with Gasteiger partial charge in [0.1, 0.15) is 0 Å². The van der Waals surface area contributed by atoms with Gasteiger partial charge in [0.15, 0.2) is 17.5 Å². The Hall–Kier alpha value is -2.58. The highest BCUT2D eigenvalue weighted by Gasteiger charge is 2.27. The van der Waals surface area contributed by atoms with E-state index >= 15 is 0 Å². The lowest BCUT2D eigenvalue weighted by molar-refractivity contribution is -0.145. The number of halogens is 3. The highest BCUT2D eigenvalue weighted by Crippen LogP contribution is 2.19. The molecule has 0 aromatic heterocycles. The molecule has 1 saturated heterocycles. The molecule has 1 fully saturated rings. The molecule has 0 unspecified atom stereocenters. The predicted molar refractivity (Wildman–Crippen MR) is 73.8 cm³/mol. The van der Waals surface area contributed by atoms with Crippen LogP contribution in [0.2, 0.25) is 0 Å². The van der Waals surface area contributed by atoms with Crippen molar-refractivity contribution in [2.24, 2.45) is 0 Å². The molecule has 9 heteroatoms. The minimum atomic E-state index is -1.73. The third-order valence-electron chi connectivity index (χ3n) is 3.49. The number of nitrogens with zero attached hydrogens (tertiary/aromatic N) is 2. The molecular formula is C14H14F3N3O3. The largest absolute Gasteiger partial charge is 0.339 e. The van der Waals surface area contributed by atoms with E-state index < -0.39 is 35.0 Å². The van der Waals surface area contributed by atoms with Crippen molar-refractivity contribution in [2.45, 2.75) is 6.92 Å². The van der Waals surface area contributed by atoms with Crippen LogP contribution in [0.3, 0.4) is 0 Å². The molecule has 0 aliphatic carbocycles. The number of piperazine rings is 1. The van der Waals surface area contributed by atoms with Crippen molar-refractivity contribution in [2.75, 3.05) is 31.5 Å². The summed E-state index contributed by atoms with van der Waals surface area (Å²) in [6.07, 6.45) is 0. The van der Waals surface area contributed by atoms with Crippen LogP contribution >= 0.6 is 0 Å². The lowest BCUT2D eigenvalue weighted by Crippen LogP contribution is -2.52. The maximum Gasteiger partial charge on any atom is 0.313 e. The van der Waals surface area contributed by atoms with Gasteiger partial charge >= 0.3 is 11.8 Å². The van der Waals surface area contributed by atoms with Crippen molar-refractivity contribution in [3.63, 3.8) is 0 Å². The summed E-state index contributed by atoms with van der Waals surface area (Å²) in [6.45, 7) is 2.29. The Morgan fingerprint density at radius 3 is 2.09 bits per heavy atom. The normalized spacial score (nSPS) is 14.6. The van der Waals surface area contributed by atoms with Crippen LogP contribution in [-0.2, 0) is 14.4 Å². The van der Waals surface area contributed by atoms with Gasteiger partial charge in [-0.05, 0) is 12.1 Å². The number of rotatable bonds is 1. The third kappa shape index (κ3) is 3.61. The Labute approximate surface area is 129 Å². The van der Waals surface area contributed by atoms with E-state index in [-0.39, 0.29) is 32.1 Å². The predicted octanol–water partition coefficient (Wildman–Crippen LogP) is 0.733. The Kier molecular flexibility index (Phi) is 4.87. The second-order valence-electron chi connectivity index (χ2n) is 4.98. The van der Waals surface area contributed by atoms with Gasteiger partial charge in [0.2, 0.25) is 5.91 Å². The van der Waals surface area contributed by atoms with Crippen LogP contribution in [0.1, 0.15) is 6.92 Å². The van der Waals surface area contributed by atoms with Crippen LogP contribution in [0.25, 0.3) is 0 Å². The van der Waals surface area contributed by atoms with Gasteiger partial charge < -0.3 is 15.1 Å². The molecule has 1 heterocycles. The lowest BCUT2D eigenvalue weighted by atomic mass is 10.2. The fraction of sp³-hybridized carbons (Fsp3) is 0.357. The molecule has 1 aliphatic heterocycles. The van der Waals surface area contributed by atoms with Crippen molar-refractivity contribution in [1.82, 2.24) is 9.80 Å². The first-order valence-corrected chi connectivity index (χ1v) is 6.80. The van der Waals surface area contributed by atoms with E-state index in [1.807, 2.05) is 5.32 Å². The molecule has 1 aromatic carbocycles. The summed E-state index contributed by atoms with van der Waals surface area (Å²) < 4.78 is 39.4. The summed E-state index contributed by atoms with van der Waals surface area (Å²) in [5.41, 5.74) is -0.621. The van der Waals surface area contributed by atoms with Crippen molar-refractivity contribution in [3.8, 4) is 0 Å². The lowest BCUT2D eigenvalue weighted by Gasteiger charge is -2.33. The second kappa shape index (κ2) is 6.67. The van der Waals surface area contributed by atoms with Crippen LogP contribution in [0.15, 0.2) is 12.1 Å². The Morgan fingerprint density at radius 1 is 0.957 bits per heavy atom. The molecule has 1 aromatic rings. The quantitative estimate of drug-likeness (QED) is 0.610. The minimum Gasteiger partial charge on any atom is -0.339 e. The summed E-state index contributed by atoms with van der Waals surface area (Å²) in [4.78, 5) is 37.7. The zero-order valence-corrected chi connectivity index (χ0v) is 12.2. The number of carbonyl (C=O) groups is 3. The highest BCUT2D eigenvalue weighted by atomic mass is 19.2. The van der Waals surface area contributed by atoms with Crippen LogP contribution in [-0.4, -0.2) is 53.7 Å². The van der Waals surface area contributed by atoms with E-state index in [1.165, 1.54) is 16.7 Å². The SMILES string of the molecule is CC(=O)N1CCN(C(=O)C(=O)Nc2ccc(F)c(F)c2F)CC1. The number of anilines is 1. The van der Waals surface area contributed by atoms with Gasteiger partial charge in [0, 0.05) is 33.1 Å². The van der Waals surface area contributed by atoms with Gasteiger partial charge in [-0.15, -0.1) is 0 Å². The minimum absolute atomic E-state index is 0.134.